The van der Waals surface area contributed by atoms with E-state index in [9.17, 15) is 48.7 Å². The molecule has 1 saturated heterocycles. The van der Waals surface area contributed by atoms with E-state index in [1.165, 1.54) is 11.3 Å². The lowest BCUT2D eigenvalue weighted by Gasteiger charge is -2.27. The number of benzene rings is 2. The molecule has 2 fully saturated rings. The summed E-state index contributed by atoms with van der Waals surface area (Å²) in [4.78, 5) is 43.1. The summed E-state index contributed by atoms with van der Waals surface area (Å²) in [7, 11) is 0. The fourth-order valence-electron chi connectivity index (χ4n) is 4.07. The van der Waals surface area contributed by atoms with Gasteiger partial charge in [0.25, 0.3) is 0 Å². The molecule has 2 atom stereocenters. The highest BCUT2D eigenvalue weighted by atomic mass is 35.5. The number of alkyl halides is 10. The Balaban J connectivity index is 0.000000307. The van der Waals surface area contributed by atoms with Crippen LogP contribution in [-0.4, -0.2) is 98.7 Å². The van der Waals surface area contributed by atoms with Gasteiger partial charge in [-0.05, 0) is 24.1 Å². The molecule has 6 rings (SSSR count). The Morgan fingerprint density at radius 2 is 1.44 bits per heavy atom. The van der Waals surface area contributed by atoms with Crippen LogP contribution in [-0.2, 0) is 19.2 Å². The number of carbonyl (C=O) groups is 4. The first kappa shape index (κ1) is 43.4. The predicted octanol–water partition coefficient (Wildman–Crippen LogP) is 6.46. The quantitative estimate of drug-likeness (QED) is 0.105. The molecule has 4 aromatic rings. The van der Waals surface area contributed by atoms with Crippen LogP contribution in [0.25, 0.3) is 32.2 Å². The molecule has 2 aromatic carbocycles. The van der Waals surface area contributed by atoms with Gasteiger partial charge in [-0.15, -0.1) is 0 Å². The number of amides is 1. The fourth-order valence-corrected chi connectivity index (χ4v) is 5.28. The van der Waals surface area contributed by atoms with E-state index in [4.69, 9.17) is 41.3 Å². The molecule has 0 radical (unpaired) electrons. The minimum atomic E-state index is -5.08. The van der Waals surface area contributed by atoms with E-state index in [2.05, 4.69) is 31.1 Å². The molecule has 54 heavy (non-hydrogen) atoms. The van der Waals surface area contributed by atoms with E-state index < -0.39 is 54.3 Å². The minimum Gasteiger partial charge on any atom is -0.475 e. The maximum absolute atomic E-state index is 15.4. The Morgan fingerprint density at radius 1 is 0.926 bits per heavy atom. The number of thiazole rings is 1. The van der Waals surface area contributed by atoms with Gasteiger partial charge in [0.15, 0.2) is 10.9 Å². The maximum Gasteiger partial charge on any atom is 0.490 e. The van der Waals surface area contributed by atoms with Gasteiger partial charge >= 0.3 is 36.4 Å². The molecule has 1 amide bonds. The lowest BCUT2D eigenvalue weighted by atomic mass is 9.99. The van der Waals surface area contributed by atoms with Gasteiger partial charge < -0.3 is 31.3 Å². The molecule has 3 heterocycles. The van der Waals surface area contributed by atoms with Gasteiger partial charge in [0.1, 0.15) is 6.17 Å². The van der Waals surface area contributed by atoms with E-state index in [0.717, 1.165) is 17.8 Å². The fraction of sp³-hybridized carbons (Fsp3) is 0.357. The van der Waals surface area contributed by atoms with Crippen LogP contribution in [0, 0.1) is 17.7 Å². The Kier molecular flexibility index (Phi) is 13.6. The lowest BCUT2D eigenvalue weighted by molar-refractivity contribution is -0.193. The zero-order chi connectivity index (χ0) is 40.9. The van der Waals surface area contributed by atoms with E-state index in [-0.39, 0.29) is 17.4 Å². The van der Waals surface area contributed by atoms with Crippen molar-refractivity contribution in [1.82, 2.24) is 20.5 Å². The number of carbonyl (C=O) groups excluding carboxylic acids is 1. The predicted molar refractivity (Wildman–Crippen MR) is 167 cm³/mol. The van der Waals surface area contributed by atoms with Crippen molar-refractivity contribution in [3.8, 4) is 11.1 Å². The van der Waals surface area contributed by atoms with E-state index >= 15 is 4.39 Å². The highest BCUT2D eigenvalue weighted by molar-refractivity contribution is 7.22. The largest absolute Gasteiger partial charge is 0.490 e. The first-order valence-electron chi connectivity index (χ1n) is 14.4. The van der Waals surface area contributed by atoms with Crippen molar-refractivity contribution in [2.75, 3.05) is 30.3 Å². The number of H-pyrrole nitrogens is 1. The lowest BCUT2D eigenvalue weighted by Crippen LogP contribution is -2.45. The van der Waals surface area contributed by atoms with Crippen molar-refractivity contribution in [3.63, 3.8) is 0 Å². The third-order valence-corrected chi connectivity index (χ3v) is 8.20. The number of aliphatic carboxylic acids is 3. The molecule has 2 aromatic heterocycles. The highest BCUT2D eigenvalue weighted by Gasteiger charge is 2.44. The zero-order valence-corrected chi connectivity index (χ0v) is 27.8. The van der Waals surface area contributed by atoms with Crippen LogP contribution in [0.5, 0.6) is 0 Å². The average Bonchev–Trinajstić information content (AvgIpc) is 3.36. The van der Waals surface area contributed by atoms with Crippen LogP contribution in [0.4, 0.5) is 59.1 Å². The summed E-state index contributed by atoms with van der Waals surface area (Å²) in [5.74, 6) is -9.30. The molecule has 1 aliphatic carbocycles. The molecule has 2 aliphatic rings. The Bertz CT molecular complexity index is 1960. The van der Waals surface area contributed by atoms with Gasteiger partial charge in [-0.2, -0.15) is 44.6 Å². The van der Waals surface area contributed by atoms with Crippen molar-refractivity contribution < 1.29 is 82.8 Å². The van der Waals surface area contributed by atoms with Crippen LogP contribution in [0.2, 0.25) is 5.02 Å². The van der Waals surface area contributed by atoms with E-state index in [0.29, 0.717) is 50.8 Å². The molecule has 1 aliphatic heterocycles. The van der Waals surface area contributed by atoms with Gasteiger partial charge in [-0.1, -0.05) is 29.0 Å². The number of anilines is 2. The molecule has 296 valence electrons. The number of halogens is 12. The van der Waals surface area contributed by atoms with Crippen LogP contribution in [0.3, 0.4) is 0 Å². The first-order valence-corrected chi connectivity index (χ1v) is 15.6. The van der Waals surface area contributed by atoms with Gasteiger partial charge in [0, 0.05) is 36.5 Å². The molecule has 7 N–H and O–H groups in total. The number of hydrogen-bond donors (Lipinski definition) is 7. The second-order valence-corrected chi connectivity index (χ2v) is 12.3. The monoisotopic (exact) mass is 830 g/mol. The summed E-state index contributed by atoms with van der Waals surface area (Å²) in [6.07, 6.45) is -14.4. The average molecular weight is 831 g/mol. The standard InChI is InChI=1S/C22H19ClF2N6OS.3C2HF3O2/c23-17-16(12-8-28-31-19(12)20(18(17)25)27-7-9-5-26-6-9)10-1-2-14-15(3-10)33-22(29-14)30-21(32)11-4-13(11)24;3*3-2(4,5)1(6)7/h1-3,8-9,11,13,26-27H,4-7H2,(H,28,31)(H,29,30,32);3*(H,6,7)/t11-,13+;;;/m1.../s1. The number of carboxylic acid groups (broad SMARTS) is 3. The Hall–Kier alpha value is -5.04. The number of nitrogens with zero attached hydrogens (tertiary/aromatic N) is 2. The number of nitrogens with one attached hydrogen (secondary N) is 4. The third-order valence-electron chi connectivity index (χ3n) is 6.91. The second kappa shape index (κ2) is 17.0. The van der Waals surface area contributed by atoms with Crippen LogP contribution < -0.4 is 16.0 Å². The van der Waals surface area contributed by atoms with Gasteiger partial charge in [-0.3, -0.25) is 9.89 Å². The summed E-state index contributed by atoms with van der Waals surface area (Å²) in [6, 6.07) is 5.46. The SMILES string of the molecule is O=C(Nc1nc2ccc(-c3c(Cl)c(F)c(NCC4CNC4)c4[nH]ncc34)cc2s1)[C@@H]1C[C@@H]1F.O=C(O)C(F)(F)F.O=C(O)C(F)(F)F.O=C(O)C(F)(F)F. The number of fused-ring (bicyclic) bond motifs is 2. The van der Waals surface area contributed by atoms with Gasteiger partial charge in [0.05, 0.1) is 38.6 Å². The summed E-state index contributed by atoms with van der Waals surface area (Å²) < 4.78 is 125. The second-order valence-electron chi connectivity index (χ2n) is 10.9. The zero-order valence-electron chi connectivity index (χ0n) is 26.2. The normalized spacial score (nSPS) is 16.7. The molecular weight excluding hydrogens is 809 g/mol. The van der Waals surface area contributed by atoms with Crippen molar-refractivity contribution in [2.24, 2.45) is 11.8 Å². The molecule has 13 nitrogen and oxygen atoms in total. The number of hydrogen-bond acceptors (Lipinski definition) is 9. The topological polar surface area (TPSA) is 207 Å². The Morgan fingerprint density at radius 3 is 1.89 bits per heavy atom. The van der Waals surface area contributed by atoms with Crippen molar-refractivity contribution in [1.29, 1.82) is 0 Å². The van der Waals surface area contributed by atoms with Gasteiger partial charge in [-0.25, -0.2) is 28.1 Å². The van der Waals surface area contributed by atoms with Crippen LogP contribution in [0.15, 0.2) is 24.4 Å². The molecule has 0 spiro atoms. The number of aromatic amines is 1. The summed E-state index contributed by atoms with van der Waals surface area (Å²) in [5.41, 5.74) is 2.80. The van der Waals surface area contributed by atoms with Crippen LogP contribution >= 0.6 is 22.9 Å². The van der Waals surface area contributed by atoms with Crippen LogP contribution in [0.1, 0.15) is 6.42 Å². The van der Waals surface area contributed by atoms with E-state index in [1.807, 2.05) is 12.1 Å². The Labute approximate surface area is 301 Å². The van der Waals surface area contributed by atoms with Crippen molar-refractivity contribution >= 4 is 78.7 Å². The first-order chi connectivity index (χ1) is 24.8. The highest BCUT2D eigenvalue weighted by Crippen LogP contribution is 2.43. The van der Waals surface area contributed by atoms with Gasteiger partial charge in [0.2, 0.25) is 5.91 Å². The maximum atomic E-state index is 15.4. The van der Waals surface area contributed by atoms with E-state index in [1.54, 1.807) is 12.3 Å². The van der Waals surface area contributed by atoms with Crippen molar-refractivity contribution in [2.45, 2.75) is 31.1 Å². The number of carboxylic acids is 3. The summed E-state index contributed by atoms with van der Waals surface area (Å²) in [6.45, 7) is 2.44. The molecular formula is C28H22ClF11N6O7S. The smallest absolute Gasteiger partial charge is 0.475 e. The number of aromatic nitrogens is 3. The number of rotatable bonds is 6. The minimum absolute atomic E-state index is 0.0123. The molecule has 0 bridgehead atoms. The molecule has 0 unspecified atom stereocenters. The molecule has 26 heteroatoms. The van der Waals surface area contributed by atoms with Crippen molar-refractivity contribution in [3.05, 3.63) is 35.2 Å². The third kappa shape index (κ3) is 11.5. The summed E-state index contributed by atoms with van der Waals surface area (Å²) >= 11 is 7.82. The molecule has 1 saturated carbocycles. The summed E-state index contributed by atoms with van der Waals surface area (Å²) in [5, 5.41) is 38.6.